The summed E-state index contributed by atoms with van der Waals surface area (Å²) >= 11 is 0. The van der Waals surface area contributed by atoms with Crippen molar-refractivity contribution in [3.05, 3.63) is 41.5 Å². The second kappa shape index (κ2) is 7.47. The lowest BCUT2D eigenvalue weighted by molar-refractivity contribution is -0.141. The smallest absolute Gasteiger partial charge is 0.260 e. The third kappa shape index (κ3) is 3.10. The molecule has 0 spiro atoms. The molecule has 3 saturated carbocycles. The van der Waals surface area contributed by atoms with Crippen molar-refractivity contribution in [1.29, 1.82) is 5.26 Å². The van der Waals surface area contributed by atoms with Crippen LogP contribution in [0.2, 0.25) is 0 Å². The third-order valence-corrected chi connectivity index (χ3v) is 9.50. The fourth-order valence-electron chi connectivity index (χ4n) is 7.87. The second-order valence-corrected chi connectivity index (χ2v) is 11.0. The Morgan fingerprint density at radius 3 is 2.56 bits per heavy atom. The highest BCUT2D eigenvalue weighted by Crippen LogP contribution is 2.64. The number of nitrogens with one attached hydrogen (secondary N) is 1. The summed E-state index contributed by atoms with van der Waals surface area (Å²) in [6.07, 6.45) is 10.7. The molecule has 32 heavy (non-hydrogen) atoms. The summed E-state index contributed by atoms with van der Waals surface area (Å²) in [5.41, 5.74) is 1.71. The third-order valence-electron chi connectivity index (χ3n) is 9.50. The molecule has 0 radical (unpaired) electrons. The SMILES string of the molecule is CN1C(=O)C(C(=O)Nc2ccc(C#N)cc2)=C[C@@]2(C)C1CC[C@@H]1[C@H]2CC[C@]2(C)CCC[C@@H]12. The second-order valence-electron chi connectivity index (χ2n) is 11.0. The largest absolute Gasteiger partial charge is 0.338 e. The maximum Gasteiger partial charge on any atom is 0.260 e. The van der Waals surface area contributed by atoms with E-state index >= 15 is 0 Å². The van der Waals surface area contributed by atoms with Crippen molar-refractivity contribution in [3.8, 4) is 6.07 Å². The minimum Gasteiger partial charge on any atom is -0.338 e. The lowest BCUT2D eigenvalue weighted by Crippen LogP contribution is -2.60. The Labute approximate surface area is 190 Å². The molecular weight excluding hydrogens is 398 g/mol. The van der Waals surface area contributed by atoms with Gasteiger partial charge in [0.1, 0.15) is 5.57 Å². The molecular formula is C27H33N3O2. The molecule has 0 aromatic heterocycles. The molecule has 5 rings (SSSR count). The summed E-state index contributed by atoms with van der Waals surface area (Å²) in [6.45, 7) is 4.79. The fourth-order valence-corrected chi connectivity index (χ4v) is 7.87. The highest BCUT2D eigenvalue weighted by Gasteiger charge is 2.59. The fraction of sp³-hybridized carbons (Fsp3) is 0.593. The van der Waals surface area contributed by atoms with Gasteiger partial charge in [0.25, 0.3) is 11.8 Å². The van der Waals surface area contributed by atoms with Crippen molar-refractivity contribution in [3.63, 3.8) is 0 Å². The van der Waals surface area contributed by atoms with Crippen molar-refractivity contribution in [2.45, 2.75) is 64.8 Å². The van der Waals surface area contributed by atoms with Crippen LogP contribution in [0.25, 0.3) is 0 Å². The molecule has 1 heterocycles. The van der Waals surface area contributed by atoms with Gasteiger partial charge in [0.2, 0.25) is 0 Å². The van der Waals surface area contributed by atoms with Gasteiger partial charge in [0.05, 0.1) is 11.6 Å². The van der Waals surface area contributed by atoms with E-state index in [-0.39, 0.29) is 28.8 Å². The molecule has 3 fully saturated rings. The van der Waals surface area contributed by atoms with Crippen LogP contribution in [-0.4, -0.2) is 29.8 Å². The van der Waals surface area contributed by atoms with Crippen molar-refractivity contribution in [2.24, 2.45) is 28.6 Å². The number of amides is 2. The topological polar surface area (TPSA) is 73.2 Å². The van der Waals surface area contributed by atoms with E-state index in [0.29, 0.717) is 28.5 Å². The molecule has 1 aromatic rings. The molecule has 1 aromatic carbocycles. The Morgan fingerprint density at radius 1 is 1.09 bits per heavy atom. The number of hydrogen-bond donors (Lipinski definition) is 1. The summed E-state index contributed by atoms with van der Waals surface area (Å²) in [5, 5.41) is 11.9. The zero-order valence-corrected chi connectivity index (χ0v) is 19.4. The van der Waals surface area contributed by atoms with Crippen LogP contribution < -0.4 is 5.32 Å². The van der Waals surface area contributed by atoms with Crippen molar-refractivity contribution in [2.75, 3.05) is 12.4 Å². The molecule has 4 aliphatic rings. The molecule has 6 atom stereocenters. The van der Waals surface area contributed by atoms with Gasteiger partial charge in [0.15, 0.2) is 0 Å². The van der Waals surface area contributed by atoms with Crippen molar-refractivity contribution < 1.29 is 9.59 Å². The highest BCUT2D eigenvalue weighted by atomic mass is 16.2. The molecule has 0 bridgehead atoms. The minimum absolute atomic E-state index is 0.161. The Hall–Kier alpha value is -2.61. The molecule has 2 amide bonds. The van der Waals surface area contributed by atoms with Crippen LogP contribution in [0.4, 0.5) is 5.69 Å². The predicted octanol–water partition coefficient (Wildman–Crippen LogP) is 4.90. The number of fused-ring (bicyclic) bond motifs is 5. The van der Waals surface area contributed by atoms with Crippen LogP contribution in [0.1, 0.15) is 64.4 Å². The normalized spacial score (nSPS) is 38.1. The first-order valence-corrected chi connectivity index (χ1v) is 12.1. The van der Waals surface area contributed by atoms with Gasteiger partial charge in [-0.15, -0.1) is 0 Å². The first kappa shape index (κ1) is 21.2. The monoisotopic (exact) mass is 431 g/mol. The van der Waals surface area contributed by atoms with Crippen LogP contribution in [0, 0.1) is 39.9 Å². The minimum atomic E-state index is -0.352. The quantitative estimate of drug-likeness (QED) is 0.677. The van der Waals surface area contributed by atoms with E-state index in [0.717, 1.165) is 12.3 Å². The van der Waals surface area contributed by atoms with E-state index in [9.17, 15) is 9.59 Å². The van der Waals surface area contributed by atoms with Gasteiger partial charge in [0, 0.05) is 24.2 Å². The van der Waals surface area contributed by atoms with Crippen molar-refractivity contribution >= 4 is 17.5 Å². The van der Waals surface area contributed by atoms with E-state index < -0.39 is 0 Å². The van der Waals surface area contributed by atoms with Gasteiger partial charge in [-0.3, -0.25) is 9.59 Å². The molecule has 168 valence electrons. The molecule has 1 unspecified atom stereocenters. The van der Waals surface area contributed by atoms with E-state index in [1.165, 1.54) is 38.5 Å². The Morgan fingerprint density at radius 2 is 1.84 bits per heavy atom. The summed E-state index contributed by atoms with van der Waals surface area (Å²) in [4.78, 5) is 28.2. The summed E-state index contributed by atoms with van der Waals surface area (Å²) in [6, 6.07) is 8.99. The Bertz CT molecular complexity index is 1020. The highest BCUT2D eigenvalue weighted by molar-refractivity contribution is 6.23. The van der Waals surface area contributed by atoms with E-state index in [4.69, 9.17) is 5.26 Å². The molecule has 5 nitrogen and oxygen atoms in total. The predicted molar refractivity (Wildman–Crippen MR) is 123 cm³/mol. The Balaban J connectivity index is 1.46. The lowest BCUT2D eigenvalue weighted by Gasteiger charge is -2.60. The van der Waals surface area contributed by atoms with Crippen LogP contribution in [0.15, 0.2) is 35.9 Å². The van der Waals surface area contributed by atoms with Crippen LogP contribution >= 0.6 is 0 Å². The first-order chi connectivity index (χ1) is 15.3. The van der Waals surface area contributed by atoms with Gasteiger partial charge < -0.3 is 10.2 Å². The number of likely N-dealkylation sites (N-methyl/N-ethyl adjacent to an activating group) is 1. The van der Waals surface area contributed by atoms with Gasteiger partial charge >= 0.3 is 0 Å². The van der Waals surface area contributed by atoms with Gasteiger partial charge in [-0.1, -0.05) is 26.3 Å². The van der Waals surface area contributed by atoms with Crippen LogP contribution in [0.5, 0.6) is 0 Å². The molecule has 3 aliphatic carbocycles. The number of rotatable bonds is 2. The van der Waals surface area contributed by atoms with Gasteiger partial charge in [-0.25, -0.2) is 0 Å². The van der Waals surface area contributed by atoms with Crippen LogP contribution in [-0.2, 0) is 9.59 Å². The standard InChI is InChI=1S/C27H33N3O2/c1-26-13-4-5-21(26)19-10-11-23-27(2,22(19)12-14-26)15-20(25(32)30(23)3)24(31)29-18-8-6-17(16-28)7-9-18/h6-9,15,19,21-23H,4-5,10-14H2,1-3H3,(H,29,31)/t19-,21-,22+,23?,26-,27+/m0/s1. The number of nitriles is 1. The molecule has 5 heteroatoms. The Kier molecular flexibility index (Phi) is 4.96. The maximum atomic E-state index is 13.2. The van der Waals surface area contributed by atoms with E-state index in [2.05, 4.69) is 25.2 Å². The maximum absolute atomic E-state index is 13.2. The summed E-state index contributed by atoms with van der Waals surface area (Å²) in [5.74, 6) is 1.46. The van der Waals surface area contributed by atoms with E-state index in [1.54, 1.807) is 24.3 Å². The zero-order valence-electron chi connectivity index (χ0n) is 19.4. The zero-order chi connectivity index (χ0) is 22.7. The number of carbonyl (C=O) groups is 2. The molecule has 1 N–H and O–H groups in total. The number of anilines is 1. The number of benzene rings is 1. The molecule has 1 aliphatic heterocycles. The average Bonchev–Trinajstić information content (AvgIpc) is 3.18. The van der Waals surface area contributed by atoms with Gasteiger partial charge in [-0.05, 0) is 86.0 Å². The average molecular weight is 432 g/mol. The molecule has 0 saturated heterocycles. The van der Waals surface area contributed by atoms with E-state index in [1.807, 2.05) is 18.0 Å². The number of nitrogens with zero attached hydrogens (tertiary/aromatic N) is 2. The van der Waals surface area contributed by atoms with Gasteiger partial charge in [-0.2, -0.15) is 5.26 Å². The first-order valence-electron chi connectivity index (χ1n) is 12.1. The summed E-state index contributed by atoms with van der Waals surface area (Å²) < 4.78 is 0. The number of hydrogen-bond acceptors (Lipinski definition) is 3. The lowest BCUT2D eigenvalue weighted by atomic mass is 9.48. The van der Waals surface area contributed by atoms with Crippen molar-refractivity contribution in [1.82, 2.24) is 4.90 Å². The van der Waals surface area contributed by atoms with Crippen LogP contribution in [0.3, 0.4) is 0 Å². The number of carbonyl (C=O) groups excluding carboxylic acids is 2. The summed E-state index contributed by atoms with van der Waals surface area (Å²) in [7, 11) is 1.87.